The number of ether oxygens (including phenoxy) is 1. The first-order valence-electron chi connectivity index (χ1n) is 9.97. The molecule has 0 bridgehead atoms. The second kappa shape index (κ2) is 9.01. The lowest BCUT2D eigenvalue weighted by molar-refractivity contribution is 0.0827. The van der Waals surface area contributed by atoms with Gasteiger partial charge in [-0.1, -0.05) is 30.3 Å². The van der Waals surface area contributed by atoms with Gasteiger partial charge in [-0.05, 0) is 55.8 Å². The molecule has 3 aromatic rings. The van der Waals surface area contributed by atoms with Crippen molar-refractivity contribution in [2.45, 2.75) is 25.8 Å². The molecule has 0 spiro atoms. The summed E-state index contributed by atoms with van der Waals surface area (Å²) < 4.78 is 11.0. The van der Waals surface area contributed by atoms with Gasteiger partial charge >= 0.3 is 0 Å². The van der Waals surface area contributed by atoms with Crippen LogP contribution in [0.25, 0.3) is 0 Å². The first-order chi connectivity index (χ1) is 14.2. The fraction of sp³-hybridized carbons (Fsp3) is 0.348. The largest absolute Gasteiger partial charge is 0.497 e. The van der Waals surface area contributed by atoms with E-state index in [2.05, 4.69) is 27.2 Å². The first-order valence-corrected chi connectivity index (χ1v) is 9.97. The highest BCUT2D eigenvalue weighted by molar-refractivity contribution is 5.98. The molecule has 2 aromatic carbocycles. The number of carbonyl (C=O) groups is 1. The topological polar surface area (TPSA) is 68.5 Å². The summed E-state index contributed by atoms with van der Waals surface area (Å²) in [6.07, 6.45) is 2.33. The van der Waals surface area contributed by atoms with Gasteiger partial charge in [0.15, 0.2) is 5.78 Å². The van der Waals surface area contributed by atoms with Crippen molar-refractivity contribution in [2.24, 2.45) is 5.92 Å². The molecular formula is C23H25N3O3. The Kier molecular flexibility index (Phi) is 6.00. The Balaban J connectivity index is 1.28. The Morgan fingerprint density at radius 3 is 2.41 bits per heavy atom. The molecule has 0 unspecified atom stereocenters. The molecule has 1 saturated heterocycles. The minimum Gasteiger partial charge on any atom is -0.497 e. The van der Waals surface area contributed by atoms with Crippen LogP contribution in [0.4, 0.5) is 0 Å². The van der Waals surface area contributed by atoms with Gasteiger partial charge in [0.25, 0.3) is 0 Å². The lowest BCUT2D eigenvalue weighted by Crippen LogP contribution is -2.36. The summed E-state index contributed by atoms with van der Waals surface area (Å²) >= 11 is 0. The van der Waals surface area contributed by atoms with Crippen LogP contribution in [0.2, 0.25) is 0 Å². The molecule has 6 nitrogen and oxygen atoms in total. The molecule has 4 rings (SSSR count). The zero-order valence-corrected chi connectivity index (χ0v) is 16.6. The van der Waals surface area contributed by atoms with E-state index in [1.165, 1.54) is 0 Å². The van der Waals surface area contributed by atoms with Gasteiger partial charge in [0.1, 0.15) is 5.75 Å². The maximum atomic E-state index is 12.7. The number of ketones is 1. The van der Waals surface area contributed by atoms with Crippen LogP contribution < -0.4 is 4.74 Å². The first kappa shape index (κ1) is 19.3. The quantitative estimate of drug-likeness (QED) is 0.571. The molecule has 0 amide bonds. The molecule has 6 heteroatoms. The molecule has 0 aliphatic carbocycles. The van der Waals surface area contributed by atoms with Crippen molar-refractivity contribution >= 4 is 5.78 Å². The fourth-order valence-electron chi connectivity index (χ4n) is 3.73. The third-order valence-corrected chi connectivity index (χ3v) is 5.40. The van der Waals surface area contributed by atoms with E-state index in [0.717, 1.165) is 42.8 Å². The number of piperidine rings is 1. The van der Waals surface area contributed by atoms with Crippen molar-refractivity contribution in [3.8, 4) is 5.75 Å². The van der Waals surface area contributed by atoms with Crippen LogP contribution >= 0.6 is 0 Å². The van der Waals surface area contributed by atoms with E-state index < -0.39 is 0 Å². The molecule has 1 aliphatic heterocycles. The van der Waals surface area contributed by atoms with Gasteiger partial charge < -0.3 is 9.15 Å². The SMILES string of the molecule is COc1ccc(C(=O)C2CCN(Cc3nnc(Cc4ccccc4)o3)CC2)cc1. The van der Waals surface area contributed by atoms with Crippen molar-refractivity contribution in [2.75, 3.05) is 20.2 Å². The van der Waals surface area contributed by atoms with Crippen molar-refractivity contribution in [1.29, 1.82) is 0 Å². The molecule has 2 heterocycles. The number of hydrogen-bond acceptors (Lipinski definition) is 6. The predicted octanol–water partition coefficient (Wildman–Crippen LogP) is 3.76. The van der Waals surface area contributed by atoms with Gasteiger partial charge in [0.2, 0.25) is 11.8 Å². The number of hydrogen-bond donors (Lipinski definition) is 0. The summed E-state index contributed by atoms with van der Waals surface area (Å²) in [6, 6.07) is 17.5. The Labute approximate surface area is 170 Å². The van der Waals surface area contributed by atoms with E-state index in [9.17, 15) is 4.79 Å². The highest BCUT2D eigenvalue weighted by atomic mass is 16.5. The molecular weight excluding hydrogens is 366 g/mol. The van der Waals surface area contributed by atoms with E-state index >= 15 is 0 Å². The van der Waals surface area contributed by atoms with Crippen LogP contribution in [0.1, 0.15) is 40.5 Å². The molecule has 0 atom stereocenters. The van der Waals surface area contributed by atoms with Crippen molar-refractivity contribution < 1.29 is 13.9 Å². The predicted molar refractivity (Wildman–Crippen MR) is 109 cm³/mol. The van der Waals surface area contributed by atoms with Gasteiger partial charge in [0.05, 0.1) is 20.1 Å². The Morgan fingerprint density at radius 1 is 1.03 bits per heavy atom. The highest BCUT2D eigenvalue weighted by Crippen LogP contribution is 2.24. The van der Waals surface area contributed by atoms with Crippen LogP contribution in [0.5, 0.6) is 5.75 Å². The average molecular weight is 391 g/mol. The Morgan fingerprint density at radius 2 is 1.72 bits per heavy atom. The maximum absolute atomic E-state index is 12.7. The second-order valence-corrected chi connectivity index (χ2v) is 7.40. The van der Waals surface area contributed by atoms with Crippen LogP contribution in [-0.2, 0) is 13.0 Å². The van der Waals surface area contributed by atoms with Gasteiger partial charge in [-0.3, -0.25) is 9.69 Å². The smallest absolute Gasteiger partial charge is 0.230 e. The number of methoxy groups -OCH3 is 1. The van der Waals surface area contributed by atoms with E-state index in [0.29, 0.717) is 24.7 Å². The maximum Gasteiger partial charge on any atom is 0.230 e. The summed E-state index contributed by atoms with van der Waals surface area (Å²) in [5.41, 5.74) is 1.91. The number of aromatic nitrogens is 2. The summed E-state index contributed by atoms with van der Waals surface area (Å²) in [5.74, 6) is 2.32. The molecule has 1 fully saturated rings. The lowest BCUT2D eigenvalue weighted by atomic mass is 9.89. The van der Waals surface area contributed by atoms with Crippen LogP contribution in [-0.4, -0.2) is 41.1 Å². The zero-order chi connectivity index (χ0) is 20.1. The molecule has 150 valence electrons. The minimum atomic E-state index is 0.0657. The Hall–Kier alpha value is -2.99. The summed E-state index contributed by atoms with van der Waals surface area (Å²) in [5, 5.41) is 8.35. The van der Waals surface area contributed by atoms with E-state index in [-0.39, 0.29) is 11.7 Å². The molecule has 1 aromatic heterocycles. The molecule has 0 radical (unpaired) electrons. The number of benzene rings is 2. The number of carbonyl (C=O) groups excluding carboxylic acids is 1. The highest BCUT2D eigenvalue weighted by Gasteiger charge is 2.26. The van der Waals surface area contributed by atoms with E-state index in [1.807, 2.05) is 42.5 Å². The number of likely N-dealkylation sites (tertiary alicyclic amines) is 1. The van der Waals surface area contributed by atoms with Gasteiger partial charge in [-0.15, -0.1) is 10.2 Å². The second-order valence-electron chi connectivity index (χ2n) is 7.40. The van der Waals surface area contributed by atoms with Crippen molar-refractivity contribution in [3.63, 3.8) is 0 Å². The standard InChI is InChI=1S/C23H25N3O3/c1-28-20-9-7-18(8-10-20)23(27)19-11-13-26(14-12-19)16-22-25-24-21(29-22)15-17-5-3-2-4-6-17/h2-10,19H,11-16H2,1H3. The average Bonchev–Trinajstić information content (AvgIpc) is 3.21. The molecule has 0 N–H and O–H groups in total. The van der Waals surface area contributed by atoms with Gasteiger partial charge in [0, 0.05) is 11.5 Å². The third kappa shape index (κ3) is 4.90. The number of nitrogens with zero attached hydrogens (tertiary/aromatic N) is 3. The summed E-state index contributed by atoms with van der Waals surface area (Å²) in [4.78, 5) is 15.0. The fourth-order valence-corrected chi connectivity index (χ4v) is 3.73. The van der Waals surface area contributed by atoms with Crippen LogP contribution in [0.3, 0.4) is 0 Å². The zero-order valence-electron chi connectivity index (χ0n) is 16.6. The van der Waals surface area contributed by atoms with Gasteiger partial charge in [-0.2, -0.15) is 0 Å². The number of Topliss-reactive ketones (excluding diaryl/α,β-unsaturated/α-hetero) is 1. The monoisotopic (exact) mass is 391 g/mol. The summed E-state index contributed by atoms with van der Waals surface area (Å²) in [6.45, 7) is 2.33. The van der Waals surface area contributed by atoms with E-state index in [1.54, 1.807) is 7.11 Å². The third-order valence-electron chi connectivity index (χ3n) is 5.40. The van der Waals surface area contributed by atoms with Crippen LogP contribution in [0, 0.1) is 5.92 Å². The molecule has 0 saturated carbocycles. The summed E-state index contributed by atoms with van der Waals surface area (Å²) in [7, 11) is 1.63. The van der Waals surface area contributed by atoms with Gasteiger partial charge in [-0.25, -0.2) is 0 Å². The number of rotatable bonds is 7. The lowest BCUT2D eigenvalue weighted by Gasteiger charge is -2.30. The Bertz CT molecular complexity index is 930. The molecule has 29 heavy (non-hydrogen) atoms. The molecule has 1 aliphatic rings. The van der Waals surface area contributed by atoms with E-state index in [4.69, 9.17) is 9.15 Å². The minimum absolute atomic E-state index is 0.0657. The van der Waals surface area contributed by atoms with Crippen LogP contribution in [0.15, 0.2) is 59.0 Å². The van der Waals surface area contributed by atoms with Crippen molar-refractivity contribution in [1.82, 2.24) is 15.1 Å². The normalized spacial score (nSPS) is 15.3. The van der Waals surface area contributed by atoms with Crippen molar-refractivity contribution in [3.05, 3.63) is 77.5 Å².